The first kappa shape index (κ1) is 19.5. The minimum Gasteiger partial charge on any atom is -0.468 e. The molecule has 1 aliphatic carbocycles. The highest BCUT2D eigenvalue weighted by Crippen LogP contribution is 2.54. The lowest BCUT2D eigenvalue weighted by molar-refractivity contribution is -0.168. The van der Waals surface area contributed by atoms with Crippen LogP contribution in [0.15, 0.2) is 11.6 Å². The van der Waals surface area contributed by atoms with Crippen LogP contribution in [-0.2, 0) is 23.9 Å². The van der Waals surface area contributed by atoms with Gasteiger partial charge >= 0.3 is 11.9 Å². The summed E-state index contributed by atoms with van der Waals surface area (Å²) in [4.78, 5) is 37.2. The van der Waals surface area contributed by atoms with Gasteiger partial charge in [-0.1, -0.05) is 32.4 Å². The molecule has 2 aliphatic rings. The van der Waals surface area contributed by atoms with Gasteiger partial charge in [0, 0.05) is 24.8 Å². The summed E-state index contributed by atoms with van der Waals surface area (Å²) in [5, 5.41) is 3.04. The molecule has 0 unspecified atom stereocenters. The molecule has 1 N–H and O–H groups in total. The summed E-state index contributed by atoms with van der Waals surface area (Å²) >= 11 is 0. The molecule has 6 nitrogen and oxygen atoms in total. The van der Waals surface area contributed by atoms with Crippen molar-refractivity contribution in [3.05, 3.63) is 11.6 Å². The minimum absolute atomic E-state index is 0.00713. The Kier molecular flexibility index (Phi) is 5.59. The fraction of sp³-hybridized carbons (Fsp3) is 0.737. The van der Waals surface area contributed by atoms with Gasteiger partial charge in [0.2, 0.25) is 5.91 Å². The molecule has 1 amide bonds. The van der Waals surface area contributed by atoms with E-state index >= 15 is 0 Å². The lowest BCUT2D eigenvalue weighted by Gasteiger charge is -2.44. The quantitative estimate of drug-likeness (QED) is 0.466. The van der Waals surface area contributed by atoms with E-state index in [1.807, 2.05) is 19.9 Å². The molecule has 0 spiro atoms. The fourth-order valence-electron chi connectivity index (χ4n) is 4.54. The van der Waals surface area contributed by atoms with E-state index in [0.717, 1.165) is 12.0 Å². The third-order valence-electron chi connectivity index (χ3n) is 5.67. The molecule has 1 fully saturated rings. The Bertz CT molecular complexity index is 597. The largest absolute Gasteiger partial charge is 0.468 e. The van der Waals surface area contributed by atoms with Crippen LogP contribution in [0, 0.1) is 29.1 Å². The van der Waals surface area contributed by atoms with Crippen molar-refractivity contribution in [2.45, 2.75) is 47.1 Å². The number of methoxy groups -OCH3 is 1. The highest BCUT2D eigenvalue weighted by atomic mass is 16.5. The van der Waals surface area contributed by atoms with Crippen molar-refractivity contribution in [1.82, 2.24) is 5.32 Å². The monoisotopic (exact) mass is 351 g/mol. The lowest BCUT2D eigenvalue weighted by Crippen LogP contribution is -2.54. The molecular weight excluding hydrogens is 322 g/mol. The maximum atomic E-state index is 13.0. The molecule has 0 saturated carbocycles. The molecule has 1 saturated heterocycles. The number of carbonyl (C=O) groups excluding carboxylic acids is 3. The third-order valence-corrected chi connectivity index (χ3v) is 5.67. The van der Waals surface area contributed by atoms with E-state index in [-0.39, 0.29) is 30.4 Å². The summed E-state index contributed by atoms with van der Waals surface area (Å²) in [6.45, 7) is 9.55. The predicted octanol–water partition coefficient (Wildman–Crippen LogP) is 2.08. The standard InChI is InChI=1S/C19H29NO5/c1-10(2)7-15-16-12(4)11(3)8-14(9-25-13(5)21)19(16,17(22)20-15)18(23)24-6/h8,10,12,14-16H,7,9H2,1-6H3,(H,20,22)/t12-,14-,15+,16+,19-/m1/s1. The number of nitrogens with one attached hydrogen (secondary N) is 1. The number of esters is 2. The molecule has 1 heterocycles. The molecule has 140 valence electrons. The first-order chi connectivity index (χ1) is 11.7. The minimum atomic E-state index is -1.34. The average Bonchev–Trinajstić information content (AvgIpc) is 2.81. The number of carbonyl (C=O) groups is 3. The molecule has 5 atom stereocenters. The molecule has 2 rings (SSSR count). The lowest BCUT2D eigenvalue weighted by atomic mass is 9.57. The molecule has 25 heavy (non-hydrogen) atoms. The second kappa shape index (κ2) is 7.18. The third kappa shape index (κ3) is 3.18. The van der Waals surface area contributed by atoms with Gasteiger partial charge in [-0.25, -0.2) is 0 Å². The summed E-state index contributed by atoms with van der Waals surface area (Å²) in [5.74, 6) is -1.61. The Morgan fingerprint density at radius 3 is 2.52 bits per heavy atom. The van der Waals surface area contributed by atoms with Gasteiger partial charge in [0.1, 0.15) is 0 Å². The van der Waals surface area contributed by atoms with Crippen LogP contribution in [0.25, 0.3) is 0 Å². The predicted molar refractivity (Wildman–Crippen MR) is 92.4 cm³/mol. The Labute approximate surface area is 149 Å². The maximum Gasteiger partial charge on any atom is 0.322 e. The molecule has 0 aromatic rings. The highest BCUT2D eigenvalue weighted by Gasteiger charge is 2.67. The van der Waals surface area contributed by atoms with Gasteiger partial charge in [-0.15, -0.1) is 0 Å². The van der Waals surface area contributed by atoms with Crippen LogP contribution in [0.2, 0.25) is 0 Å². The van der Waals surface area contributed by atoms with Gasteiger partial charge in [0.15, 0.2) is 5.41 Å². The Morgan fingerprint density at radius 1 is 1.36 bits per heavy atom. The Morgan fingerprint density at radius 2 is 2.00 bits per heavy atom. The van der Waals surface area contributed by atoms with Crippen molar-refractivity contribution in [3.8, 4) is 0 Å². The van der Waals surface area contributed by atoms with Crippen molar-refractivity contribution in [3.63, 3.8) is 0 Å². The average molecular weight is 351 g/mol. The first-order valence-corrected chi connectivity index (χ1v) is 8.87. The number of rotatable bonds is 5. The van der Waals surface area contributed by atoms with Crippen molar-refractivity contribution in [2.75, 3.05) is 13.7 Å². The van der Waals surface area contributed by atoms with Crippen molar-refractivity contribution in [2.24, 2.45) is 29.1 Å². The molecule has 6 heteroatoms. The van der Waals surface area contributed by atoms with Gasteiger partial charge < -0.3 is 14.8 Å². The van der Waals surface area contributed by atoms with Crippen LogP contribution >= 0.6 is 0 Å². The van der Waals surface area contributed by atoms with Crippen LogP contribution < -0.4 is 5.32 Å². The van der Waals surface area contributed by atoms with E-state index in [9.17, 15) is 14.4 Å². The fourth-order valence-corrected chi connectivity index (χ4v) is 4.54. The van der Waals surface area contributed by atoms with E-state index in [1.54, 1.807) is 0 Å². The summed E-state index contributed by atoms with van der Waals surface area (Å²) in [6.07, 6.45) is 2.69. The summed E-state index contributed by atoms with van der Waals surface area (Å²) in [5.41, 5.74) is -0.241. The van der Waals surface area contributed by atoms with E-state index in [2.05, 4.69) is 19.2 Å². The maximum absolute atomic E-state index is 13.0. The number of hydrogen-bond donors (Lipinski definition) is 1. The second-order valence-corrected chi connectivity index (χ2v) is 7.70. The highest BCUT2D eigenvalue weighted by molar-refractivity contribution is 6.06. The zero-order valence-corrected chi connectivity index (χ0v) is 15.9. The molecule has 0 bridgehead atoms. The Hall–Kier alpha value is -1.85. The van der Waals surface area contributed by atoms with E-state index in [0.29, 0.717) is 5.92 Å². The molecular formula is C19H29NO5. The summed E-state index contributed by atoms with van der Waals surface area (Å²) in [7, 11) is 1.30. The van der Waals surface area contributed by atoms with E-state index < -0.39 is 23.3 Å². The van der Waals surface area contributed by atoms with Gasteiger partial charge in [0.25, 0.3) is 0 Å². The number of allylic oxidation sites excluding steroid dienone is 1. The molecule has 1 aliphatic heterocycles. The van der Waals surface area contributed by atoms with Crippen LogP contribution in [0.1, 0.15) is 41.0 Å². The zero-order valence-electron chi connectivity index (χ0n) is 15.9. The summed E-state index contributed by atoms with van der Waals surface area (Å²) < 4.78 is 10.3. The zero-order chi connectivity index (χ0) is 18.9. The smallest absolute Gasteiger partial charge is 0.322 e. The second-order valence-electron chi connectivity index (χ2n) is 7.70. The van der Waals surface area contributed by atoms with Gasteiger partial charge in [-0.05, 0) is 25.2 Å². The van der Waals surface area contributed by atoms with Crippen molar-refractivity contribution in [1.29, 1.82) is 0 Å². The topological polar surface area (TPSA) is 81.7 Å². The van der Waals surface area contributed by atoms with Gasteiger partial charge in [0.05, 0.1) is 13.7 Å². The molecule has 0 aromatic carbocycles. The first-order valence-electron chi connectivity index (χ1n) is 8.87. The number of amides is 1. The SMILES string of the molecule is COC(=O)[C@@]12C(=O)N[C@@H](CC(C)C)[C@@H]1[C@H](C)C(C)=C[C@@H]2COC(C)=O. The normalized spacial score (nSPS) is 34.2. The molecule has 0 aromatic heterocycles. The van der Waals surface area contributed by atoms with Crippen LogP contribution in [0.3, 0.4) is 0 Å². The number of ether oxygens (including phenoxy) is 2. The Balaban J connectivity index is 2.55. The van der Waals surface area contributed by atoms with Gasteiger partial charge in [-0.2, -0.15) is 0 Å². The molecule has 0 radical (unpaired) electrons. The van der Waals surface area contributed by atoms with Crippen molar-refractivity contribution < 1.29 is 23.9 Å². The van der Waals surface area contributed by atoms with Crippen LogP contribution in [-0.4, -0.2) is 37.6 Å². The van der Waals surface area contributed by atoms with E-state index in [1.165, 1.54) is 14.0 Å². The van der Waals surface area contributed by atoms with Crippen LogP contribution in [0.5, 0.6) is 0 Å². The number of fused-ring (bicyclic) bond motifs is 1. The van der Waals surface area contributed by atoms with Crippen LogP contribution in [0.4, 0.5) is 0 Å². The van der Waals surface area contributed by atoms with Gasteiger partial charge in [-0.3, -0.25) is 14.4 Å². The summed E-state index contributed by atoms with van der Waals surface area (Å²) in [6, 6.07) is -0.106. The number of hydrogen-bond acceptors (Lipinski definition) is 5. The van der Waals surface area contributed by atoms with Crippen molar-refractivity contribution >= 4 is 17.8 Å². The van der Waals surface area contributed by atoms with E-state index in [4.69, 9.17) is 9.47 Å².